The molecule has 4 nitrogen and oxygen atoms in total. The van der Waals surface area contributed by atoms with Crippen molar-refractivity contribution in [3.05, 3.63) is 24.8 Å². The van der Waals surface area contributed by atoms with Crippen LogP contribution >= 0.6 is 0 Å². The summed E-state index contributed by atoms with van der Waals surface area (Å²) in [7, 11) is 4.40. The Morgan fingerprint density at radius 1 is 0.421 bits per heavy atom. The second-order valence-corrected chi connectivity index (χ2v) is 11.9. The average molecular weight is 529 g/mol. The Labute approximate surface area is 236 Å². The number of hydrogen-bond acceptors (Lipinski definition) is 0. The Morgan fingerprint density at radius 3 is 0.974 bits per heavy atom. The first-order valence-electron chi connectivity index (χ1n) is 16.8. The van der Waals surface area contributed by atoms with Gasteiger partial charge < -0.3 is 0 Å². The zero-order chi connectivity index (χ0) is 27.3. The average Bonchev–Trinajstić information content (AvgIpc) is 3.46. The predicted octanol–water partition coefficient (Wildman–Crippen LogP) is 9.23. The fourth-order valence-corrected chi connectivity index (χ4v) is 5.87. The highest BCUT2D eigenvalue weighted by Crippen LogP contribution is 2.17. The van der Waals surface area contributed by atoms with E-state index in [1.54, 1.807) is 0 Å². The second kappa shape index (κ2) is 21.3. The van der Waals surface area contributed by atoms with Crippen LogP contribution in [0, 0.1) is 0 Å². The fraction of sp³-hybridized carbons (Fsp3) is 0.824. The SMILES string of the molecule is CCCCCCCCCCCCCCn1cc[n+](C)c1-c1n(CCCCCCCCCCCC)cc[n+]1C. The molecule has 2 rings (SSSR count). The van der Waals surface area contributed by atoms with Crippen LogP contribution in [-0.2, 0) is 27.2 Å². The summed E-state index contributed by atoms with van der Waals surface area (Å²) in [5, 5.41) is 0. The molecule has 38 heavy (non-hydrogen) atoms. The number of aromatic nitrogens is 4. The lowest BCUT2D eigenvalue weighted by molar-refractivity contribution is -0.690. The minimum absolute atomic E-state index is 1.12. The van der Waals surface area contributed by atoms with E-state index in [-0.39, 0.29) is 0 Å². The molecule has 0 N–H and O–H groups in total. The van der Waals surface area contributed by atoms with Crippen molar-refractivity contribution in [3.8, 4) is 11.6 Å². The molecule has 0 saturated carbocycles. The smallest absolute Gasteiger partial charge is 0.226 e. The first-order valence-corrected chi connectivity index (χ1v) is 16.8. The Kier molecular flexibility index (Phi) is 18.3. The minimum Gasteiger partial charge on any atom is -0.226 e. The molecule has 2 aromatic heterocycles. The maximum absolute atomic E-state index is 2.49. The molecule has 0 atom stereocenters. The van der Waals surface area contributed by atoms with Crippen molar-refractivity contribution in [1.29, 1.82) is 0 Å². The summed E-state index contributed by atoms with van der Waals surface area (Å²) in [6.45, 7) is 6.84. The van der Waals surface area contributed by atoms with E-state index in [0.29, 0.717) is 0 Å². The van der Waals surface area contributed by atoms with Crippen LogP contribution in [0.25, 0.3) is 11.6 Å². The molecule has 0 bridgehead atoms. The summed E-state index contributed by atoms with van der Waals surface area (Å²) in [5.41, 5.74) is 0. The van der Waals surface area contributed by atoms with Crippen molar-refractivity contribution < 1.29 is 9.13 Å². The summed E-state index contributed by atoms with van der Waals surface area (Å²) in [6, 6.07) is 0. The Bertz CT molecular complexity index is 819. The van der Waals surface area contributed by atoms with Gasteiger partial charge in [0.25, 0.3) is 0 Å². The lowest BCUT2D eigenvalue weighted by Gasteiger charge is -2.05. The van der Waals surface area contributed by atoms with Gasteiger partial charge in [-0.25, -0.2) is 18.3 Å². The third-order valence-electron chi connectivity index (χ3n) is 8.36. The molecule has 0 saturated heterocycles. The monoisotopic (exact) mass is 529 g/mol. The number of imidazole rings is 2. The number of unbranched alkanes of at least 4 members (excludes halogenated alkanes) is 20. The van der Waals surface area contributed by atoms with Crippen LogP contribution in [0.5, 0.6) is 0 Å². The molecule has 0 aliphatic heterocycles. The van der Waals surface area contributed by atoms with Gasteiger partial charge in [-0.15, -0.1) is 0 Å². The van der Waals surface area contributed by atoms with Crippen LogP contribution in [0.1, 0.15) is 155 Å². The van der Waals surface area contributed by atoms with Crippen LogP contribution in [0.3, 0.4) is 0 Å². The maximum Gasteiger partial charge on any atom is 0.373 e. The first kappa shape index (κ1) is 32.6. The lowest BCUT2D eigenvalue weighted by Crippen LogP contribution is -2.38. The summed E-state index contributed by atoms with van der Waals surface area (Å²) in [6.07, 6.45) is 39.8. The van der Waals surface area contributed by atoms with E-state index in [4.69, 9.17) is 0 Å². The molecule has 2 aromatic rings. The highest BCUT2D eigenvalue weighted by Gasteiger charge is 2.29. The molecular weight excluding hydrogens is 464 g/mol. The number of nitrogens with zero attached hydrogens (tertiary/aromatic N) is 4. The normalized spacial score (nSPS) is 11.6. The highest BCUT2D eigenvalue weighted by molar-refractivity contribution is 5.36. The lowest BCUT2D eigenvalue weighted by atomic mass is 10.1. The minimum atomic E-state index is 1.12. The molecule has 218 valence electrons. The molecule has 0 radical (unpaired) electrons. The van der Waals surface area contributed by atoms with Crippen LogP contribution in [0.4, 0.5) is 0 Å². The van der Waals surface area contributed by atoms with Crippen molar-refractivity contribution in [1.82, 2.24) is 9.13 Å². The summed E-state index contributed by atoms with van der Waals surface area (Å²) < 4.78 is 9.59. The Morgan fingerprint density at radius 2 is 0.684 bits per heavy atom. The van der Waals surface area contributed by atoms with E-state index in [0.717, 1.165) is 13.1 Å². The number of rotatable bonds is 25. The van der Waals surface area contributed by atoms with E-state index in [1.807, 2.05) is 0 Å². The van der Waals surface area contributed by atoms with Crippen LogP contribution < -0.4 is 9.13 Å². The molecule has 0 fully saturated rings. The van der Waals surface area contributed by atoms with E-state index in [2.05, 4.69) is 71.0 Å². The van der Waals surface area contributed by atoms with Crippen molar-refractivity contribution in [2.24, 2.45) is 14.1 Å². The van der Waals surface area contributed by atoms with Gasteiger partial charge in [-0.05, 0) is 25.7 Å². The molecule has 0 aliphatic rings. The van der Waals surface area contributed by atoms with E-state index in [1.165, 1.54) is 153 Å². The van der Waals surface area contributed by atoms with Gasteiger partial charge in [-0.1, -0.05) is 129 Å². The highest BCUT2D eigenvalue weighted by atomic mass is 15.2. The van der Waals surface area contributed by atoms with Gasteiger partial charge in [0.2, 0.25) is 0 Å². The van der Waals surface area contributed by atoms with Crippen molar-refractivity contribution >= 4 is 0 Å². The zero-order valence-corrected chi connectivity index (χ0v) is 26.1. The fourth-order valence-electron chi connectivity index (χ4n) is 5.87. The topological polar surface area (TPSA) is 17.6 Å². The van der Waals surface area contributed by atoms with Gasteiger partial charge >= 0.3 is 11.6 Å². The standard InChI is InChI=1S/C34H64N4/c1-5-7-9-11-13-15-17-18-20-22-24-26-28-38-32-30-36(4)34(38)33-35(3)29-31-37(33)27-25-23-21-19-16-14-12-10-8-6-2/h29-32H,5-28H2,1-4H3/q+2. The van der Waals surface area contributed by atoms with Gasteiger partial charge in [0.1, 0.15) is 24.8 Å². The maximum atomic E-state index is 2.49. The van der Waals surface area contributed by atoms with E-state index < -0.39 is 0 Å². The second-order valence-electron chi connectivity index (χ2n) is 11.9. The first-order chi connectivity index (χ1) is 18.7. The molecule has 0 amide bonds. The number of hydrogen-bond donors (Lipinski definition) is 0. The van der Waals surface area contributed by atoms with Gasteiger partial charge in [0.15, 0.2) is 0 Å². The van der Waals surface area contributed by atoms with Crippen molar-refractivity contribution in [2.45, 2.75) is 168 Å². The molecule has 0 aromatic carbocycles. The quantitative estimate of drug-likeness (QED) is 0.0902. The van der Waals surface area contributed by atoms with Gasteiger partial charge in [-0.2, -0.15) is 0 Å². The summed E-state index contributed by atoms with van der Waals surface area (Å²) >= 11 is 0. The molecule has 0 spiro atoms. The van der Waals surface area contributed by atoms with Crippen LogP contribution in [-0.4, -0.2) is 9.13 Å². The van der Waals surface area contributed by atoms with E-state index >= 15 is 0 Å². The molecule has 4 heteroatoms. The Balaban J connectivity index is 1.67. The van der Waals surface area contributed by atoms with Crippen molar-refractivity contribution in [2.75, 3.05) is 0 Å². The molecular formula is C34H64N4+2. The largest absolute Gasteiger partial charge is 0.373 e. The molecule has 0 unspecified atom stereocenters. The van der Waals surface area contributed by atoms with Crippen LogP contribution in [0.2, 0.25) is 0 Å². The summed E-state index contributed by atoms with van der Waals surface area (Å²) in [5.74, 6) is 2.68. The van der Waals surface area contributed by atoms with Gasteiger partial charge in [0, 0.05) is 0 Å². The van der Waals surface area contributed by atoms with Crippen molar-refractivity contribution in [3.63, 3.8) is 0 Å². The summed E-state index contributed by atoms with van der Waals surface area (Å²) in [4.78, 5) is 0. The van der Waals surface area contributed by atoms with Gasteiger partial charge in [0.05, 0.1) is 27.2 Å². The Hall–Kier alpha value is -1.58. The van der Waals surface area contributed by atoms with Crippen LogP contribution in [0.15, 0.2) is 24.8 Å². The molecule has 2 heterocycles. The number of aryl methyl sites for hydroxylation is 4. The molecule has 0 aliphatic carbocycles. The third-order valence-corrected chi connectivity index (χ3v) is 8.36. The zero-order valence-electron chi connectivity index (χ0n) is 26.1. The van der Waals surface area contributed by atoms with E-state index in [9.17, 15) is 0 Å². The van der Waals surface area contributed by atoms with Gasteiger partial charge in [-0.3, -0.25) is 0 Å². The predicted molar refractivity (Wildman–Crippen MR) is 163 cm³/mol. The third kappa shape index (κ3) is 13.0.